The second-order valence-corrected chi connectivity index (χ2v) is 7.94. The topological polar surface area (TPSA) is 49.4 Å². The van der Waals surface area contributed by atoms with Gasteiger partial charge in [0.15, 0.2) is 0 Å². The lowest BCUT2D eigenvalue weighted by Crippen LogP contribution is -2.19. The van der Waals surface area contributed by atoms with Crippen molar-refractivity contribution in [1.29, 1.82) is 0 Å². The number of sulfonamides is 1. The molecule has 1 N–H and O–H groups in total. The van der Waals surface area contributed by atoms with E-state index in [1.54, 1.807) is 23.5 Å². The number of hydrogen-bond acceptors (Lipinski definition) is 4. The van der Waals surface area contributed by atoms with E-state index in [1.807, 2.05) is 12.1 Å². The Labute approximate surface area is 130 Å². The maximum absolute atomic E-state index is 11.7. The van der Waals surface area contributed by atoms with Crippen LogP contribution >= 0.6 is 11.3 Å². The summed E-state index contributed by atoms with van der Waals surface area (Å²) in [5.41, 5.74) is 2.42. The van der Waals surface area contributed by atoms with E-state index < -0.39 is 10.0 Å². The molecule has 0 amide bonds. The molecule has 114 valence electrons. The first-order valence-corrected chi connectivity index (χ1v) is 9.02. The smallest absolute Gasteiger partial charge is 0.240 e. The molecule has 1 aromatic carbocycles. The molecule has 4 nitrogen and oxygen atoms in total. The first-order chi connectivity index (χ1) is 9.92. The Kier molecular flexibility index (Phi) is 5.16. The molecular weight excluding hydrogens is 304 g/mol. The van der Waals surface area contributed by atoms with Crippen LogP contribution < -0.4 is 4.72 Å². The van der Waals surface area contributed by atoms with Gasteiger partial charge >= 0.3 is 0 Å². The van der Waals surface area contributed by atoms with Gasteiger partial charge in [-0.3, -0.25) is 4.90 Å². The van der Waals surface area contributed by atoms with Gasteiger partial charge < -0.3 is 0 Å². The molecule has 0 atom stereocenters. The predicted molar refractivity (Wildman–Crippen MR) is 86.9 cm³/mol. The summed E-state index contributed by atoms with van der Waals surface area (Å²) in [6, 6.07) is 9.14. The van der Waals surface area contributed by atoms with Crippen LogP contribution in [0.5, 0.6) is 0 Å². The van der Waals surface area contributed by atoms with Gasteiger partial charge in [-0.05, 0) is 55.7 Å². The van der Waals surface area contributed by atoms with Gasteiger partial charge in [-0.2, -0.15) is 0 Å². The standard InChI is InChI=1S/C15H20N2O2S2/c1-12-8-9-20-15(12)11-17(3)10-13-4-6-14(7-5-13)21(18,19)16-2/h4-9,16H,10-11H2,1-3H3. The Morgan fingerprint density at radius 2 is 1.81 bits per heavy atom. The van der Waals surface area contributed by atoms with E-state index in [9.17, 15) is 8.42 Å². The van der Waals surface area contributed by atoms with Crippen LogP contribution in [0.2, 0.25) is 0 Å². The third-order valence-electron chi connectivity index (χ3n) is 3.34. The van der Waals surface area contributed by atoms with Crippen molar-refractivity contribution < 1.29 is 8.42 Å². The zero-order valence-electron chi connectivity index (χ0n) is 12.5. The Balaban J connectivity index is 2.02. The number of aryl methyl sites for hydroxylation is 1. The molecule has 0 radical (unpaired) electrons. The van der Waals surface area contributed by atoms with E-state index in [2.05, 4.69) is 35.0 Å². The van der Waals surface area contributed by atoms with E-state index in [-0.39, 0.29) is 0 Å². The van der Waals surface area contributed by atoms with Crippen LogP contribution in [0.4, 0.5) is 0 Å². The van der Waals surface area contributed by atoms with Crippen molar-refractivity contribution in [1.82, 2.24) is 9.62 Å². The fraction of sp³-hybridized carbons (Fsp3) is 0.333. The molecule has 0 unspecified atom stereocenters. The first kappa shape index (κ1) is 16.2. The number of hydrogen-bond donors (Lipinski definition) is 1. The lowest BCUT2D eigenvalue weighted by Gasteiger charge is -2.16. The quantitative estimate of drug-likeness (QED) is 0.888. The van der Waals surface area contributed by atoms with Crippen molar-refractivity contribution in [2.75, 3.05) is 14.1 Å². The van der Waals surface area contributed by atoms with Crippen LogP contribution in [0.1, 0.15) is 16.0 Å². The number of nitrogens with zero attached hydrogens (tertiary/aromatic N) is 1. The zero-order chi connectivity index (χ0) is 15.5. The van der Waals surface area contributed by atoms with Gasteiger partial charge in [0.05, 0.1) is 4.90 Å². The summed E-state index contributed by atoms with van der Waals surface area (Å²) >= 11 is 1.77. The molecule has 0 aliphatic heterocycles. The van der Waals surface area contributed by atoms with Crippen LogP contribution in [0.3, 0.4) is 0 Å². The predicted octanol–water partition coefficient (Wildman–Crippen LogP) is 2.60. The van der Waals surface area contributed by atoms with Crippen molar-refractivity contribution in [3.8, 4) is 0 Å². The molecular formula is C15H20N2O2S2. The molecule has 0 bridgehead atoms. The first-order valence-electron chi connectivity index (χ1n) is 6.66. The van der Waals surface area contributed by atoms with Crippen LogP contribution in [0.15, 0.2) is 40.6 Å². The van der Waals surface area contributed by atoms with Crippen LogP contribution in [-0.4, -0.2) is 27.4 Å². The van der Waals surface area contributed by atoms with Crippen molar-refractivity contribution >= 4 is 21.4 Å². The lowest BCUT2D eigenvalue weighted by molar-refractivity contribution is 0.321. The molecule has 1 aromatic heterocycles. The van der Waals surface area contributed by atoms with Crippen LogP contribution in [-0.2, 0) is 23.1 Å². The molecule has 0 saturated heterocycles. The number of thiophene rings is 1. The highest BCUT2D eigenvalue weighted by molar-refractivity contribution is 7.89. The maximum Gasteiger partial charge on any atom is 0.240 e. The van der Waals surface area contributed by atoms with E-state index in [0.717, 1.165) is 18.7 Å². The van der Waals surface area contributed by atoms with Crippen molar-refractivity contribution in [3.63, 3.8) is 0 Å². The number of nitrogens with one attached hydrogen (secondary N) is 1. The van der Waals surface area contributed by atoms with Crippen molar-refractivity contribution in [3.05, 3.63) is 51.7 Å². The van der Waals surface area contributed by atoms with Gasteiger partial charge in [0.1, 0.15) is 0 Å². The third kappa shape index (κ3) is 4.14. The van der Waals surface area contributed by atoms with Crippen molar-refractivity contribution in [2.45, 2.75) is 24.9 Å². The van der Waals surface area contributed by atoms with E-state index in [0.29, 0.717) is 4.90 Å². The summed E-state index contributed by atoms with van der Waals surface area (Å²) in [7, 11) is 0.132. The van der Waals surface area contributed by atoms with E-state index >= 15 is 0 Å². The average molecular weight is 324 g/mol. The second-order valence-electron chi connectivity index (χ2n) is 5.05. The second kappa shape index (κ2) is 6.70. The monoisotopic (exact) mass is 324 g/mol. The molecule has 0 fully saturated rings. The summed E-state index contributed by atoms with van der Waals surface area (Å²) in [6.07, 6.45) is 0. The van der Waals surface area contributed by atoms with Crippen LogP contribution in [0.25, 0.3) is 0 Å². The minimum absolute atomic E-state index is 0.297. The Hall–Kier alpha value is -1.21. The molecule has 1 heterocycles. The molecule has 6 heteroatoms. The van der Waals surface area contributed by atoms with Gasteiger partial charge in [0.2, 0.25) is 10.0 Å². The summed E-state index contributed by atoms with van der Waals surface area (Å²) in [6.45, 7) is 3.81. The molecule has 0 spiro atoms. The minimum atomic E-state index is -3.35. The molecule has 0 saturated carbocycles. The minimum Gasteiger partial charge on any atom is -0.297 e. The Bertz CT molecular complexity index is 691. The van der Waals surface area contributed by atoms with Crippen molar-refractivity contribution in [2.24, 2.45) is 0 Å². The molecule has 2 aromatic rings. The normalized spacial score (nSPS) is 12.0. The van der Waals surface area contributed by atoms with Gasteiger partial charge in [-0.1, -0.05) is 12.1 Å². The fourth-order valence-corrected chi connectivity index (χ4v) is 3.79. The van der Waals surface area contributed by atoms with Gasteiger partial charge in [-0.25, -0.2) is 13.1 Å². The summed E-state index contributed by atoms with van der Waals surface area (Å²) < 4.78 is 25.6. The highest BCUT2D eigenvalue weighted by atomic mass is 32.2. The maximum atomic E-state index is 11.7. The van der Waals surface area contributed by atoms with E-state index in [4.69, 9.17) is 0 Å². The molecule has 21 heavy (non-hydrogen) atoms. The number of rotatable bonds is 6. The SMILES string of the molecule is CNS(=O)(=O)c1ccc(CN(C)Cc2sccc2C)cc1. The lowest BCUT2D eigenvalue weighted by atomic mass is 10.2. The largest absolute Gasteiger partial charge is 0.297 e. The highest BCUT2D eigenvalue weighted by Gasteiger charge is 2.11. The Morgan fingerprint density at radius 1 is 1.14 bits per heavy atom. The highest BCUT2D eigenvalue weighted by Crippen LogP contribution is 2.18. The zero-order valence-corrected chi connectivity index (χ0v) is 14.1. The number of benzene rings is 1. The summed E-state index contributed by atoms with van der Waals surface area (Å²) in [4.78, 5) is 3.89. The van der Waals surface area contributed by atoms with E-state index in [1.165, 1.54) is 17.5 Å². The van der Waals surface area contributed by atoms with Crippen LogP contribution in [0, 0.1) is 6.92 Å². The Morgan fingerprint density at radius 3 is 2.33 bits per heavy atom. The molecule has 0 aliphatic carbocycles. The van der Waals surface area contributed by atoms with Gasteiger partial charge in [0, 0.05) is 18.0 Å². The third-order valence-corrected chi connectivity index (χ3v) is 5.77. The summed E-state index contributed by atoms with van der Waals surface area (Å²) in [5.74, 6) is 0. The van der Waals surface area contributed by atoms with Gasteiger partial charge in [0.25, 0.3) is 0 Å². The van der Waals surface area contributed by atoms with Gasteiger partial charge in [-0.15, -0.1) is 11.3 Å². The fourth-order valence-electron chi connectivity index (χ4n) is 2.07. The summed E-state index contributed by atoms with van der Waals surface area (Å²) in [5, 5.41) is 2.11. The average Bonchev–Trinajstić information content (AvgIpc) is 2.85. The molecule has 0 aliphatic rings. The molecule has 2 rings (SSSR count).